The number of rotatable bonds is 5. The molecule has 0 radical (unpaired) electrons. The van der Waals surface area contributed by atoms with E-state index in [1.165, 1.54) is 0 Å². The zero-order valence-electron chi connectivity index (χ0n) is 10.5. The van der Waals surface area contributed by atoms with E-state index in [9.17, 15) is 4.79 Å². The van der Waals surface area contributed by atoms with Crippen molar-refractivity contribution in [1.29, 1.82) is 0 Å². The first-order chi connectivity index (χ1) is 9.29. The predicted octanol–water partition coefficient (Wildman–Crippen LogP) is 2.90. The Hall–Kier alpha value is -1.89. The number of hydrogen-bond donors (Lipinski definition) is 0. The molecule has 0 atom stereocenters. The maximum absolute atomic E-state index is 11.9. The molecular weight excluding hydrogens is 299 g/mol. The second-order valence-electron chi connectivity index (χ2n) is 3.90. The standard InChI is InChI=1S/C17H14OSe/c1-2-14-8-6-7-9-15(14)12-13-17(18)19-16-10-4-3-5-11-16/h2-13H,1H2/b13-12+. The Bertz CT molecular complexity index is 600. The van der Waals surface area contributed by atoms with E-state index >= 15 is 0 Å². The first-order valence-corrected chi connectivity index (χ1v) is 7.67. The van der Waals surface area contributed by atoms with Crippen LogP contribution >= 0.6 is 0 Å². The first kappa shape index (κ1) is 13.5. The fourth-order valence-electron chi connectivity index (χ4n) is 1.65. The van der Waals surface area contributed by atoms with Gasteiger partial charge in [-0.2, -0.15) is 0 Å². The Morgan fingerprint density at radius 1 is 0.947 bits per heavy atom. The second kappa shape index (κ2) is 6.89. The minimum atomic E-state index is -0.152. The predicted molar refractivity (Wildman–Crippen MR) is 82.4 cm³/mol. The van der Waals surface area contributed by atoms with Crippen LogP contribution in [0.25, 0.3) is 12.2 Å². The molecule has 2 aromatic rings. The van der Waals surface area contributed by atoms with Gasteiger partial charge in [-0.05, 0) is 0 Å². The van der Waals surface area contributed by atoms with Gasteiger partial charge >= 0.3 is 119 Å². The third-order valence-corrected chi connectivity index (χ3v) is 4.35. The fourth-order valence-corrected chi connectivity index (χ4v) is 3.03. The number of carbonyl (C=O) groups excluding carboxylic acids is 1. The fraction of sp³-hybridized carbons (Fsp3) is 0. The summed E-state index contributed by atoms with van der Waals surface area (Å²) < 4.78 is 1.26. The van der Waals surface area contributed by atoms with E-state index in [1.54, 1.807) is 12.2 Å². The molecule has 0 heterocycles. The molecule has 0 aliphatic heterocycles. The summed E-state index contributed by atoms with van der Waals surface area (Å²) >= 11 is -0.152. The molecule has 0 amide bonds. The van der Waals surface area contributed by atoms with E-state index in [0.717, 1.165) is 15.6 Å². The van der Waals surface area contributed by atoms with Gasteiger partial charge in [0.25, 0.3) is 0 Å². The third-order valence-electron chi connectivity index (χ3n) is 2.58. The molecule has 2 rings (SSSR count). The van der Waals surface area contributed by atoms with Crippen LogP contribution in [0, 0.1) is 0 Å². The molecule has 0 unspecified atom stereocenters. The molecule has 0 aromatic heterocycles. The van der Waals surface area contributed by atoms with Gasteiger partial charge in [0.05, 0.1) is 0 Å². The molecule has 0 N–H and O–H groups in total. The molecular formula is C17H14OSe. The molecule has 0 fully saturated rings. The van der Waals surface area contributed by atoms with Gasteiger partial charge in [-0.15, -0.1) is 0 Å². The van der Waals surface area contributed by atoms with Crippen LogP contribution in [-0.2, 0) is 4.79 Å². The molecule has 2 heteroatoms. The van der Waals surface area contributed by atoms with E-state index in [-0.39, 0.29) is 19.6 Å². The van der Waals surface area contributed by atoms with Crippen molar-refractivity contribution < 1.29 is 4.79 Å². The summed E-state index contributed by atoms with van der Waals surface area (Å²) in [7, 11) is 0. The normalized spacial score (nSPS) is 10.5. The van der Waals surface area contributed by atoms with Crippen molar-refractivity contribution in [3.8, 4) is 0 Å². The SMILES string of the molecule is C=Cc1ccccc1/C=C/C(=O)[Se]c1ccccc1. The van der Waals surface area contributed by atoms with Gasteiger partial charge < -0.3 is 0 Å². The summed E-state index contributed by atoms with van der Waals surface area (Å²) in [5, 5.41) is 0. The van der Waals surface area contributed by atoms with Gasteiger partial charge in [0.15, 0.2) is 0 Å². The Kier molecular flexibility index (Phi) is 4.91. The quantitative estimate of drug-likeness (QED) is 0.613. The average molecular weight is 313 g/mol. The molecule has 94 valence electrons. The molecule has 0 saturated carbocycles. The number of carbonyl (C=O) groups is 1. The van der Waals surface area contributed by atoms with E-state index in [1.807, 2.05) is 60.7 Å². The van der Waals surface area contributed by atoms with Crippen LogP contribution < -0.4 is 4.46 Å². The summed E-state index contributed by atoms with van der Waals surface area (Å²) in [4.78, 5) is 11.9. The second-order valence-corrected chi connectivity index (χ2v) is 6.16. The summed E-state index contributed by atoms with van der Waals surface area (Å²) in [5.41, 5.74) is 2.06. The summed E-state index contributed by atoms with van der Waals surface area (Å²) in [6, 6.07) is 17.7. The van der Waals surface area contributed by atoms with Crippen molar-refractivity contribution in [2.75, 3.05) is 0 Å². The van der Waals surface area contributed by atoms with Gasteiger partial charge in [-0.3, -0.25) is 0 Å². The topological polar surface area (TPSA) is 17.1 Å². The van der Waals surface area contributed by atoms with E-state index in [4.69, 9.17) is 0 Å². The van der Waals surface area contributed by atoms with E-state index in [2.05, 4.69) is 6.58 Å². The van der Waals surface area contributed by atoms with E-state index in [0.29, 0.717) is 0 Å². The average Bonchev–Trinajstić information content (AvgIpc) is 2.46. The number of benzene rings is 2. The van der Waals surface area contributed by atoms with Gasteiger partial charge in [0.2, 0.25) is 0 Å². The van der Waals surface area contributed by atoms with Crippen LogP contribution in [0.4, 0.5) is 0 Å². The molecule has 0 bridgehead atoms. The molecule has 0 saturated heterocycles. The van der Waals surface area contributed by atoms with Crippen molar-refractivity contribution in [3.05, 3.63) is 78.4 Å². The zero-order chi connectivity index (χ0) is 13.5. The van der Waals surface area contributed by atoms with Crippen LogP contribution in [0.1, 0.15) is 11.1 Å². The third kappa shape index (κ3) is 4.06. The Balaban J connectivity index is 2.06. The molecule has 19 heavy (non-hydrogen) atoms. The van der Waals surface area contributed by atoms with Crippen LogP contribution in [0.2, 0.25) is 0 Å². The summed E-state index contributed by atoms with van der Waals surface area (Å²) in [6.45, 7) is 3.77. The van der Waals surface area contributed by atoms with Gasteiger partial charge in [0, 0.05) is 0 Å². The van der Waals surface area contributed by atoms with Crippen molar-refractivity contribution in [3.63, 3.8) is 0 Å². The number of hydrogen-bond acceptors (Lipinski definition) is 1. The van der Waals surface area contributed by atoms with Crippen molar-refractivity contribution in [2.24, 2.45) is 0 Å². The van der Waals surface area contributed by atoms with Crippen LogP contribution in [0.15, 0.2) is 67.3 Å². The summed E-state index contributed by atoms with van der Waals surface area (Å²) in [5.74, 6) is 0. The molecule has 2 aromatic carbocycles. The molecule has 1 nitrogen and oxygen atoms in total. The molecule has 0 aliphatic carbocycles. The van der Waals surface area contributed by atoms with Crippen LogP contribution in [0.3, 0.4) is 0 Å². The minimum absolute atomic E-state index is 0.152. The molecule has 0 aliphatic rings. The van der Waals surface area contributed by atoms with Crippen molar-refractivity contribution in [1.82, 2.24) is 0 Å². The van der Waals surface area contributed by atoms with E-state index < -0.39 is 0 Å². The summed E-state index contributed by atoms with van der Waals surface area (Å²) in [6.07, 6.45) is 5.33. The Morgan fingerprint density at radius 2 is 1.58 bits per heavy atom. The Morgan fingerprint density at radius 3 is 2.26 bits per heavy atom. The van der Waals surface area contributed by atoms with Crippen LogP contribution in [-0.4, -0.2) is 19.6 Å². The number of allylic oxidation sites excluding steroid dienone is 1. The van der Waals surface area contributed by atoms with Gasteiger partial charge in [0.1, 0.15) is 0 Å². The van der Waals surface area contributed by atoms with Crippen LogP contribution in [0.5, 0.6) is 0 Å². The monoisotopic (exact) mass is 314 g/mol. The van der Waals surface area contributed by atoms with Gasteiger partial charge in [-0.1, -0.05) is 0 Å². The Labute approximate surface area is 119 Å². The first-order valence-electron chi connectivity index (χ1n) is 5.96. The van der Waals surface area contributed by atoms with Gasteiger partial charge in [-0.25, -0.2) is 0 Å². The maximum atomic E-state index is 11.9. The molecule has 0 spiro atoms. The van der Waals surface area contributed by atoms with Crippen molar-refractivity contribution in [2.45, 2.75) is 0 Å². The van der Waals surface area contributed by atoms with Crippen molar-refractivity contribution >= 4 is 36.3 Å². The zero-order valence-corrected chi connectivity index (χ0v) is 12.2.